The molecule has 88 valence electrons. The van der Waals surface area contributed by atoms with Gasteiger partial charge in [0.25, 0.3) is 0 Å². The second-order valence-corrected chi connectivity index (χ2v) is 3.52. The van der Waals surface area contributed by atoms with Crippen molar-refractivity contribution in [2.45, 2.75) is 12.5 Å². The van der Waals surface area contributed by atoms with E-state index in [0.29, 0.717) is 0 Å². The molecule has 0 aromatic heterocycles. The van der Waals surface area contributed by atoms with Gasteiger partial charge >= 0.3 is 6.03 Å². The smallest absolute Gasteiger partial charge is 0.330 e. The maximum absolute atomic E-state index is 11.9. The second kappa shape index (κ2) is 4.62. The molecule has 0 saturated heterocycles. The van der Waals surface area contributed by atoms with Crippen molar-refractivity contribution >= 4 is 6.03 Å². The predicted molar refractivity (Wildman–Crippen MR) is 55.4 cm³/mol. The molecule has 2 unspecified atom stereocenters. The third kappa shape index (κ3) is 2.39. The number of nitrogens with one attached hydrogen (secondary N) is 2. The van der Waals surface area contributed by atoms with E-state index in [1.54, 1.807) is 0 Å². The van der Waals surface area contributed by atoms with Crippen molar-refractivity contribution in [1.29, 1.82) is 0 Å². The molecule has 0 bridgehead atoms. The summed E-state index contributed by atoms with van der Waals surface area (Å²) in [5.74, 6) is 0. The van der Waals surface area contributed by atoms with Crippen LogP contribution >= 0.6 is 0 Å². The van der Waals surface area contributed by atoms with Gasteiger partial charge in [-0.1, -0.05) is 0 Å². The lowest BCUT2D eigenvalue weighted by Crippen LogP contribution is -2.51. The van der Waals surface area contributed by atoms with Gasteiger partial charge in [0, 0.05) is 12.4 Å². The van der Waals surface area contributed by atoms with E-state index in [1.165, 1.54) is 34.4 Å². The van der Waals surface area contributed by atoms with Crippen LogP contribution in [0, 0.1) is 0 Å². The highest BCUT2D eigenvalue weighted by molar-refractivity contribution is 5.76. The molecule has 2 aliphatic rings. The number of urea groups is 1. The summed E-state index contributed by atoms with van der Waals surface area (Å²) in [4.78, 5) is 14.7. The number of rotatable bonds is 0. The first kappa shape index (κ1) is 11.1. The van der Waals surface area contributed by atoms with Crippen molar-refractivity contribution in [3.8, 4) is 0 Å². The zero-order chi connectivity index (χ0) is 11.5. The van der Waals surface area contributed by atoms with E-state index >= 15 is 0 Å². The third-order valence-corrected chi connectivity index (χ3v) is 2.33. The predicted octanol–water partition coefficient (Wildman–Crippen LogP) is -1.50. The van der Waals surface area contributed by atoms with Gasteiger partial charge in [-0.05, 0) is 12.2 Å². The lowest BCUT2D eigenvalue weighted by Gasteiger charge is -2.31. The first-order chi connectivity index (χ1) is 7.66. The van der Waals surface area contributed by atoms with Crippen LogP contribution in [0.2, 0.25) is 0 Å². The fourth-order valence-corrected chi connectivity index (χ4v) is 1.42. The summed E-state index contributed by atoms with van der Waals surface area (Å²) >= 11 is 0. The lowest BCUT2D eigenvalue weighted by atomic mass is 10.4. The van der Waals surface area contributed by atoms with E-state index < -0.39 is 12.5 Å². The number of nitrogens with zero attached hydrogens (tertiary/aromatic N) is 2. The Balaban J connectivity index is 1.98. The molecule has 0 aromatic carbocycles. The summed E-state index contributed by atoms with van der Waals surface area (Å²) < 4.78 is 0. The number of hydrogen-bond donors (Lipinski definition) is 4. The number of carbonyl (C=O) groups excluding carboxylic acids is 1. The molecule has 2 aliphatic heterocycles. The van der Waals surface area contributed by atoms with Gasteiger partial charge in [-0.2, -0.15) is 0 Å². The van der Waals surface area contributed by atoms with Crippen molar-refractivity contribution < 1.29 is 15.0 Å². The van der Waals surface area contributed by atoms with Gasteiger partial charge in [-0.25, -0.2) is 4.79 Å². The Morgan fingerprint density at radius 1 is 1.06 bits per heavy atom. The molecule has 4 N–H and O–H groups in total. The molecule has 0 aliphatic carbocycles. The minimum atomic E-state index is -0.708. The van der Waals surface area contributed by atoms with Gasteiger partial charge in [0.1, 0.15) is 12.5 Å². The van der Waals surface area contributed by atoms with Gasteiger partial charge in [-0.15, -0.1) is 0 Å². The van der Waals surface area contributed by atoms with Crippen molar-refractivity contribution in [2.24, 2.45) is 0 Å². The second-order valence-electron chi connectivity index (χ2n) is 3.52. The zero-order valence-electron chi connectivity index (χ0n) is 8.58. The Bertz CT molecular complexity index is 301. The molecule has 2 atom stereocenters. The molecule has 2 heterocycles. The minimum absolute atomic E-state index is 0.230. The van der Waals surface area contributed by atoms with E-state index in [1.807, 2.05) is 0 Å². The van der Waals surface area contributed by atoms with Crippen molar-refractivity contribution in [1.82, 2.24) is 20.4 Å². The van der Waals surface area contributed by atoms with Gasteiger partial charge in [0.15, 0.2) is 0 Å². The van der Waals surface area contributed by atoms with Crippen molar-refractivity contribution in [3.63, 3.8) is 0 Å². The molecule has 2 rings (SSSR count). The third-order valence-electron chi connectivity index (χ3n) is 2.33. The average molecular weight is 226 g/mol. The first-order valence-electron chi connectivity index (χ1n) is 4.93. The normalized spacial score (nSPS) is 29.6. The molecule has 0 spiro atoms. The monoisotopic (exact) mass is 226 g/mol. The highest BCUT2D eigenvalue weighted by atomic mass is 16.3. The highest BCUT2D eigenvalue weighted by Gasteiger charge is 2.22. The van der Waals surface area contributed by atoms with Crippen LogP contribution in [-0.4, -0.2) is 51.8 Å². The van der Waals surface area contributed by atoms with E-state index in [-0.39, 0.29) is 19.4 Å². The highest BCUT2D eigenvalue weighted by Crippen LogP contribution is 2.06. The Morgan fingerprint density at radius 3 is 1.81 bits per heavy atom. The molecule has 16 heavy (non-hydrogen) atoms. The standard InChI is InChI=1S/C9H14N4O3/c14-7-1-3-12(5-10-7)9(16)13-4-2-8(15)11-6-13/h1-4,7-8,10-11,14-15H,5-6H2. The van der Waals surface area contributed by atoms with Gasteiger partial charge in [0.2, 0.25) is 0 Å². The summed E-state index contributed by atoms with van der Waals surface area (Å²) in [5.41, 5.74) is 0. The minimum Gasteiger partial charge on any atom is -0.375 e. The largest absolute Gasteiger partial charge is 0.375 e. The van der Waals surface area contributed by atoms with E-state index in [0.717, 1.165) is 0 Å². The van der Waals surface area contributed by atoms with Crippen LogP contribution in [-0.2, 0) is 0 Å². The van der Waals surface area contributed by atoms with Crippen LogP contribution in [0.4, 0.5) is 4.79 Å². The number of amides is 2. The van der Waals surface area contributed by atoms with Crippen LogP contribution in [0.15, 0.2) is 24.6 Å². The van der Waals surface area contributed by atoms with Gasteiger partial charge < -0.3 is 10.2 Å². The Hall–Kier alpha value is -1.41. The maximum atomic E-state index is 11.9. The number of aliphatic hydroxyl groups is 2. The Labute approximate surface area is 92.6 Å². The number of aliphatic hydroxyl groups excluding tert-OH is 2. The van der Waals surface area contributed by atoms with E-state index in [2.05, 4.69) is 10.6 Å². The van der Waals surface area contributed by atoms with Gasteiger partial charge in [-0.3, -0.25) is 20.4 Å². The summed E-state index contributed by atoms with van der Waals surface area (Å²) in [6.07, 6.45) is 4.61. The summed E-state index contributed by atoms with van der Waals surface area (Å²) in [6, 6.07) is -0.230. The fraction of sp³-hybridized carbons (Fsp3) is 0.444. The van der Waals surface area contributed by atoms with Crippen LogP contribution in [0.1, 0.15) is 0 Å². The maximum Gasteiger partial charge on any atom is 0.330 e. The Kier molecular flexibility index (Phi) is 3.20. The average Bonchev–Trinajstić information content (AvgIpc) is 2.30. The molecule has 2 amide bonds. The molecule has 0 saturated carbocycles. The summed E-state index contributed by atoms with van der Waals surface area (Å²) in [5, 5.41) is 23.7. The van der Waals surface area contributed by atoms with E-state index in [4.69, 9.17) is 10.2 Å². The number of carbonyl (C=O) groups is 1. The SMILES string of the molecule is O=C(N1C=CC(O)NC1)N1C=CC(O)NC1. The van der Waals surface area contributed by atoms with Crippen LogP contribution in [0.3, 0.4) is 0 Å². The van der Waals surface area contributed by atoms with Crippen LogP contribution < -0.4 is 10.6 Å². The lowest BCUT2D eigenvalue weighted by molar-refractivity contribution is 0.120. The van der Waals surface area contributed by atoms with Crippen LogP contribution in [0.25, 0.3) is 0 Å². The quantitative estimate of drug-likeness (QED) is 0.403. The summed E-state index contributed by atoms with van der Waals surface area (Å²) in [6.45, 7) is 0.507. The first-order valence-corrected chi connectivity index (χ1v) is 4.93. The number of hydrogen-bond acceptors (Lipinski definition) is 5. The van der Waals surface area contributed by atoms with Crippen LogP contribution in [0.5, 0.6) is 0 Å². The molecular weight excluding hydrogens is 212 g/mol. The summed E-state index contributed by atoms with van der Waals surface area (Å²) in [7, 11) is 0. The Morgan fingerprint density at radius 2 is 1.50 bits per heavy atom. The molecule has 0 aromatic rings. The molecular formula is C9H14N4O3. The molecule has 0 fully saturated rings. The topological polar surface area (TPSA) is 88.1 Å². The van der Waals surface area contributed by atoms with Crippen molar-refractivity contribution in [3.05, 3.63) is 24.6 Å². The molecule has 7 heteroatoms. The molecule has 7 nitrogen and oxygen atoms in total. The van der Waals surface area contributed by atoms with Crippen molar-refractivity contribution in [2.75, 3.05) is 13.3 Å². The molecule has 0 radical (unpaired) electrons. The fourth-order valence-electron chi connectivity index (χ4n) is 1.42. The van der Waals surface area contributed by atoms with E-state index in [9.17, 15) is 4.79 Å². The van der Waals surface area contributed by atoms with Gasteiger partial charge in [0.05, 0.1) is 13.3 Å². The zero-order valence-corrected chi connectivity index (χ0v) is 8.58.